The molecule has 0 aromatic heterocycles. The van der Waals surface area contributed by atoms with Gasteiger partial charge in [-0.15, -0.1) is 0 Å². The molecule has 0 spiro atoms. The van der Waals surface area contributed by atoms with Gasteiger partial charge in [0.1, 0.15) is 12.6 Å². The molecule has 5 nitrogen and oxygen atoms in total. The topological polar surface area (TPSA) is 66.8 Å². The second-order valence-corrected chi connectivity index (χ2v) is 6.44. The van der Waals surface area contributed by atoms with E-state index < -0.39 is 18.1 Å². The Balaban J connectivity index is 1.69. The van der Waals surface area contributed by atoms with Crippen LogP contribution in [0.5, 0.6) is 0 Å². The van der Waals surface area contributed by atoms with E-state index in [2.05, 4.69) is 0 Å². The number of aryl methyl sites for hydroxylation is 1. The van der Waals surface area contributed by atoms with Gasteiger partial charge in [-0.3, -0.25) is 4.90 Å². The van der Waals surface area contributed by atoms with E-state index in [4.69, 9.17) is 4.74 Å². The SMILES string of the molecule is Cc1ccc(/C=C2/C[C@@H](C(=O)O)N(C(=O)OCc3ccccc3)C2)cc1. The highest BCUT2D eigenvalue weighted by molar-refractivity contribution is 5.82. The lowest BCUT2D eigenvalue weighted by Gasteiger charge is -2.20. The van der Waals surface area contributed by atoms with Crippen molar-refractivity contribution in [3.63, 3.8) is 0 Å². The molecule has 1 amide bonds. The molecule has 5 heteroatoms. The fourth-order valence-corrected chi connectivity index (χ4v) is 2.97. The lowest BCUT2D eigenvalue weighted by molar-refractivity contribution is -0.141. The van der Waals surface area contributed by atoms with Crippen molar-refractivity contribution in [1.82, 2.24) is 4.90 Å². The van der Waals surface area contributed by atoms with Gasteiger partial charge in [0.25, 0.3) is 0 Å². The first kappa shape index (κ1) is 17.7. The second-order valence-electron chi connectivity index (χ2n) is 6.44. The predicted molar refractivity (Wildman–Crippen MR) is 98.5 cm³/mol. The Morgan fingerprint density at radius 1 is 1.15 bits per heavy atom. The van der Waals surface area contributed by atoms with Gasteiger partial charge in [0.2, 0.25) is 0 Å². The summed E-state index contributed by atoms with van der Waals surface area (Å²) in [4.78, 5) is 25.2. The molecular weight excluding hydrogens is 330 g/mol. The zero-order valence-corrected chi connectivity index (χ0v) is 14.6. The highest BCUT2D eigenvalue weighted by Crippen LogP contribution is 2.26. The maximum atomic E-state index is 12.4. The summed E-state index contributed by atoms with van der Waals surface area (Å²) in [6.07, 6.45) is 1.65. The van der Waals surface area contributed by atoms with Crippen LogP contribution in [0.3, 0.4) is 0 Å². The normalized spacial score (nSPS) is 18.1. The zero-order valence-electron chi connectivity index (χ0n) is 14.6. The first-order valence-corrected chi connectivity index (χ1v) is 8.49. The minimum absolute atomic E-state index is 0.125. The number of hydrogen-bond donors (Lipinski definition) is 1. The van der Waals surface area contributed by atoms with Crippen molar-refractivity contribution < 1.29 is 19.4 Å². The van der Waals surface area contributed by atoms with E-state index in [9.17, 15) is 14.7 Å². The molecule has 1 aliphatic heterocycles. The number of carboxylic acid groups (broad SMARTS) is 1. The highest BCUT2D eigenvalue weighted by Gasteiger charge is 2.37. The molecule has 1 N–H and O–H groups in total. The van der Waals surface area contributed by atoms with Crippen LogP contribution in [0, 0.1) is 6.92 Å². The molecule has 0 bridgehead atoms. The molecule has 134 valence electrons. The van der Waals surface area contributed by atoms with E-state index in [1.165, 1.54) is 4.90 Å². The minimum Gasteiger partial charge on any atom is -0.480 e. The van der Waals surface area contributed by atoms with Gasteiger partial charge in [-0.1, -0.05) is 66.2 Å². The minimum atomic E-state index is -1.02. The number of carbonyl (C=O) groups excluding carboxylic acids is 1. The third kappa shape index (κ3) is 4.30. The fourth-order valence-electron chi connectivity index (χ4n) is 2.97. The number of carboxylic acids is 1. The Labute approximate surface area is 152 Å². The standard InChI is InChI=1S/C21H21NO4/c1-15-7-9-16(10-8-15)11-18-12-19(20(23)24)22(13-18)21(25)26-14-17-5-3-2-4-6-17/h2-11,19H,12-14H2,1H3,(H,23,24)/b18-11-/t19-/m0/s1. The molecule has 0 saturated carbocycles. The number of likely N-dealkylation sites (tertiary alicyclic amines) is 1. The van der Waals surface area contributed by atoms with Crippen LogP contribution < -0.4 is 0 Å². The Kier molecular flexibility index (Phi) is 5.37. The van der Waals surface area contributed by atoms with Gasteiger partial charge < -0.3 is 9.84 Å². The smallest absolute Gasteiger partial charge is 0.411 e. The van der Waals surface area contributed by atoms with Crippen LogP contribution >= 0.6 is 0 Å². The number of carbonyl (C=O) groups is 2. The van der Waals surface area contributed by atoms with Crippen LogP contribution in [0.4, 0.5) is 4.79 Å². The Hall–Kier alpha value is -3.08. The summed E-state index contributed by atoms with van der Waals surface area (Å²) in [5.41, 5.74) is 3.92. The van der Waals surface area contributed by atoms with E-state index >= 15 is 0 Å². The number of amides is 1. The molecule has 1 saturated heterocycles. The lowest BCUT2D eigenvalue weighted by atomic mass is 10.1. The van der Waals surface area contributed by atoms with Crippen molar-refractivity contribution in [3.8, 4) is 0 Å². The van der Waals surface area contributed by atoms with Crippen molar-refractivity contribution in [2.45, 2.75) is 26.0 Å². The van der Waals surface area contributed by atoms with E-state index in [0.717, 1.165) is 22.3 Å². The first-order valence-electron chi connectivity index (χ1n) is 8.49. The summed E-state index contributed by atoms with van der Waals surface area (Å²) < 4.78 is 5.30. The Morgan fingerprint density at radius 3 is 2.50 bits per heavy atom. The van der Waals surface area contributed by atoms with Crippen LogP contribution in [-0.4, -0.2) is 34.7 Å². The van der Waals surface area contributed by atoms with Gasteiger partial charge in [0, 0.05) is 13.0 Å². The number of nitrogens with zero attached hydrogens (tertiary/aromatic N) is 1. The largest absolute Gasteiger partial charge is 0.480 e. The summed E-state index contributed by atoms with van der Waals surface area (Å²) in [5, 5.41) is 9.46. The number of rotatable bonds is 4. The van der Waals surface area contributed by atoms with Gasteiger partial charge in [-0.2, -0.15) is 0 Å². The van der Waals surface area contributed by atoms with Crippen molar-refractivity contribution in [3.05, 3.63) is 76.9 Å². The highest BCUT2D eigenvalue weighted by atomic mass is 16.6. The van der Waals surface area contributed by atoms with E-state index in [-0.39, 0.29) is 13.2 Å². The molecule has 1 atom stereocenters. The molecule has 1 heterocycles. The number of aliphatic carboxylic acids is 1. The third-order valence-corrected chi connectivity index (χ3v) is 4.38. The molecule has 2 aromatic carbocycles. The summed E-state index contributed by atoms with van der Waals surface area (Å²) in [5.74, 6) is -1.02. The number of ether oxygens (including phenoxy) is 1. The molecule has 3 rings (SSSR count). The molecule has 26 heavy (non-hydrogen) atoms. The summed E-state index contributed by atoms with van der Waals surface area (Å²) in [7, 11) is 0. The van der Waals surface area contributed by atoms with Crippen LogP contribution in [0.1, 0.15) is 23.1 Å². The zero-order chi connectivity index (χ0) is 18.5. The molecule has 1 aliphatic rings. The van der Waals surface area contributed by atoms with Crippen molar-refractivity contribution in [2.24, 2.45) is 0 Å². The van der Waals surface area contributed by atoms with E-state index in [1.54, 1.807) is 0 Å². The monoisotopic (exact) mass is 351 g/mol. The summed E-state index contributed by atoms with van der Waals surface area (Å²) in [6.45, 7) is 2.40. The lowest BCUT2D eigenvalue weighted by Crippen LogP contribution is -2.40. The molecule has 1 fully saturated rings. The van der Waals surface area contributed by atoms with Crippen LogP contribution in [0.15, 0.2) is 60.2 Å². The van der Waals surface area contributed by atoms with Gasteiger partial charge >= 0.3 is 12.1 Å². The maximum Gasteiger partial charge on any atom is 0.411 e. The van der Waals surface area contributed by atoms with Crippen molar-refractivity contribution in [2.75, 3.05) is 6.54 Å². The number of hydrogen-bond acceptors (Lipinski definition) is 3. The maximum absolute atomic E-state index is 12.4. The van der Waals surface area contributed by atoms with Gasteiger partial charge in [0.15, 0.2) is 0 Å². The first-order chi connectivity index (χ1) is 12.5. The molecule has 0 radical (unpaired) electrons. The fraction of sp³-hybridized carbons (Fsp3) is 0.238. The average Bonchev–Trinajstić information content (AvgIpc) is 3.07. The number of benzene rings is 2. The van der Waals surface area contributed by atoms with Gasteiger partial charge in [-0.25, -0.2) is 9.59 Å². The molecular formula is C21H21NO4. The predicted octanol–water partition coefficient (Wildman–Crippen LogP) is 3.87. The van der Waals surface area contributed by atoms with Crippen LogP contribution in [0.2, 0.25) is 0 Å². The van der Waals surface area contributed by atoms with Gasteiger partial charge in [-0.05, 0) is 23.6 Å². The van der Waals surface area contributed by atoms with Crippen LogP contribution in [0.25, 0.3) is 6.08 Å². The van der Waals surface area contributed by atoms with Crippen molar-refractivity contribution in [1.29, 1.82) is 0 Å². The Bertz CT molecular complexity index is 812. The Morgan fingerprint density at radius 2 is 1.85 bits per heavy atom. The molecule has 0 unspecified atom stereocenters. The van der Waals surface area contributed by atoms with E-state index in [0.29, 0.717) is 6.42 Å². The molecule has 0 aliphatic carbocycles. The second kappa shape index (κ2) is 7.87. The average molecular weight is 351 g/mol. The third-order valence-electron chi connectivity index (χ3n) is 4.38. The van der Waals surface area contributed by atoms with Crippen LogP contribution in [-0.2, 0) is 16.1 Å². The molecule has 2 aromatic rings. The summed E-state index contributed by atoms with van der Waals surface area (Å²) in [6, 6.07) is 16.4. The van der Waals surface area contributed by atoms with Crippen molar-refractivity contribution >= 4 is 18.1 Å². The quantitative estimate of drug-likeness (QED) is 0.908. The van der Waals surface area contributed by atoms with Gasteiger partial charge in [0.05, 0.1) is 0 Å². The van der Waals surface area contributed by atoms with E-state index in [1.807, 2.05) is 67.6 Å². The summed E-state index contributed by atoms with van der Waals surface area (Å²) >= 11 is 0.